The molecule has 0 saturated heterocycles. The van der Waals surface area contributed by atoms with Crippen molar-refractivity contribution in [3.8, 4) is 0 Å². The number of anilines is 2. The number of thiophene rings is 1. The quantitative estimate of drug-likeness (QED) is 0.840. The van der Waals surface area contributed by atoms with Crippen LogP contribution in [0.1, 0.15) is 18.7 Å². The molecule has 0 aliphatic rings. The highest BCUT2D eigenvalue weighted by Crippen LogP contribution is 2.32. The van der Waals surface area contributed by atoms with E-state index >= 15 is 0 Å². The summed E-state index contributed by atoms with van der Waals surface area (Å²) in [5.41, 5.74) is 7.15. The van der Waals surface area contributed by atoms with E-state index in [1.165, 1.54) is 17.0 Å². The van der Waals surface area contributed by atoms with Crippen LogP contribution in [-0.4, -0.2) is 6.04 Å². The fraction of sp³-hybridized carbons (Fsp3) is 0.286. The number of nitrogens with zero attached hydrogens (tertiary/aromatic N) is 1. The molecule has 19 heavy (non-hydrogen) atoms. The van der Waals surface area contributed by atoms with Crippen LogP contribution in [0.15, 0.2) is 29.6 Å². The van der Waals surface area contributed by atoms with Crippen LogP contribution in [0.4, 0.5) is 15.8 Å². The van der Waals surface area contributed by atoms with Crippen molar-refractivity contribution in [1.29, 1.82) is 0 Å². The molecule has 0 aliphatic carbocycles. The summed E-state index contributed by atoms with van der Waals surface area (Å²) in [5, 5.41) is 2.08. The largest absolute Gasteiger partial charge is 0.397 e. The number of nitrogen functional groups attached to an aromatic ring is 1. The minimum atomic E-state index is -0.442. The molecule has 0 fully saturated rings. The molecule has 2 N–H and O–H groups in total. The van der Waals surface area contributed by atoms with Gasteiger partial charge in [0.05, 0.1) is 22.9 Å². The van der Waals surface area contributed by atoms with Crippen LogP contribution in [0.25, 0.3) is 0 Å². The summed E-state index contributed by atoms with van der Waals surface area (Å²) >= 11 is 7.42. The van der Waals surface area contributed by atoms with Gasteiger partial charge >= 0.3 is 0 Å². The SMILES string of the molecule is CC(C)N(Cc1cccs1)c1cc(F)c(Cl)cc1N. The summed E-state index contributed by atoms with van der Waals surface area (Å²) in [5.74, 6) is -0.442. The maximum absolute atomic E-state index is 13.7. The molecule has 1 aromatic carbocycles. The van der Waals surface area contributed by atoms with Gasteiger partial charge in [-0.1, -0.05) is 17.7 Å². The first kappa shape index (κ1) is 14.2. The molecule has 0 spiro atoms. The van der Waals surface area contributed by atoms with E-state index in [4.69, 9.17) is 17.3 Å². The first-order valence-electron chi connectivity index (χ1n) is 6.02. The highest BCUT2D eigenvalue weighted by molar-refractivity contribution is 7.09. The van der Waals surface area contributed by atoms with Gasteiger partial charge in [-0.15, -0.1) is 11.3 Å². The molecular weight excluding hydrogens is 283 g/mol. The number of rotatable bonds is 4. The van der Waals surface area contributed by atoms with Crippen LogP contribution in [0.3, 0.4) is 0 Å². The van der Waals surface area contributed by atoms with Crippen LogP contribution in [0.2, 0.25) is 5.02 Å². The number of benzene rings is 1. The Bertz CT molecular complexity index is 555. The first-order valence-corrected chi connectivity index (χ1v) is 7.28. The zero-order valence-electron chi connectivity index (χ0n) is 10.9. The van der Waals surface area contributed by atoms with Gasteiger partial charge in [-0.3, -0.25) is 0 Å². The Morgan fingerprint density at radius 3 is 2.74 bits per heavy atom. The highest BCUT2D eigenvalue weighted by atomic mass is 35.5. The third-order valence-electron chi connectivity index (χ3n) is 2.91. The van der Waals surface area contributed by atoms with E-state index in [1.54, 1.807) is 11.3 Å². The smallest absolute Gasteiger partial charge is 0.144 e. The minimum absolute atomic E-state index is 0.0566. The van der Waals surface area contributed by atoms with E-state index in [2.05, 4.69) is 24.8 Å². The fourth-order valence-corrected chi connectivity index (χ4v) is 2.79. The van der Waals surface area contributed by atoms with Crippen LogP contribution in [0, 0.1) is 5.82 Å². The lowest BCUT2D eigenvalue weighted by Gasteiger charge is -2.30. The van der Waals surface area contributed by atoms with Gasteiger partial charge < -0.3 is 10.6 Å². The average molecular weight is 299 g/mol. The van der Waals surface area contributed by atoms with Crippen molar-refractivity contribution in [2.24, 2.45) is 0 Å². The molecule has 2 nitrogen and oxygen atoms in total. The van der Waals surface area contributed by atoms with Crippen LogP contribution < -0.4 is 10.6 Å². The average Bonchev–Trinajstić information content (AvgIpc) is 2.84. The molecule has 0 amide bonds. The third-order valence-corrected chi connectivity index (χ3v) is 4.06. The van der Waals surface area contributed by atoms with Crippen molar-refractivity contribution in [2.75, 3.05) is 10.6 Å². The zero-order valence-corrected chi connectivity index (χ0v) is 12.4. The van der Waals surface area contributed by atoms with Gasteiger partial charge in [0.15, 0.2) is 0 Å². The zero-order chi connectivity index (χ0) is 14.0. The Morgan fingerprint density at radius 1 is 1.42 bits per heavy atom. The summed E-state index contributed by atoms with van der Waals surface area (Å²) in [4.78, 5) is 3.28. The molecule has 0 radical (unpaired) electrons. The van der Waals surface area contributed by atoms with Crippen molar-refractivity contribution in [1.82, 2.24) is 0 Å². The molecule has 0 atom stereocenters. The second kappa shape index (κ2) is 5.80. The molecule has 0 aliphatic heterocycles. The molecule has 1 aromatic heterocycles. The predicted octanol–water partition coefficient (Wildman–Crippen LogP) is 4.54. The number of hydrogen-bond acceptors (Lipinski definition) is 3. The van der Waals surface area contributed by atoms with E-state index in [9.17, 15) is 4.39 Å². The lowest BCUT2D eigenvalue weighted by molar-refractivity contribution is 0.623. The summed E-state index contributed by atoms with van der Waals surface area (Å²) < 4.78 is 13.7. The standard InChI is InChI=1S/C14H16ClFN2S/c1-9(2)18(8-10-4-3-5-19-10)14-7-12(16)11(15)6-13(14)17/h3-7,9H,8,17H2,1-2H3. The Morgan fingerprint density at radius 2 is 2.16 bits per heavy atom. The van der Waals surface area contributed by atoms with Gasteiger partial charge in [0.25, 0.3) is 0 Å². The molecular formula is C14H16ClFN2S. The maximum Gasteiger partial charge on any atom is 0.144 e. The van der Waals surface area contributed by atoms with Gasteiger partial charge in [-0.2, -0.15) is 0 Å². The third kappa shape index (κ3) is 3.19. The van der Waals surface area contributed by atoms with Gasteiger partial charge in [0.1, 0.15) is 5.82 Å². The van der Waals surface area contributed by atoms with Crippen molar-refractivity contribution >= 4 is 34.3 Å². The normalized spacial score (nSPS) is 11.0. The Labute approximate surface area is 121 Å². The predicted molar refractivity (Wildman–Crippen MR) is 81.5 cm³/mol. The summed E-state index contributed by atoms with van der Waals surface area (Å²) in [7, 11) is 0. The molecule has 1 heterocycles. The van der Waals surface area contributed by atoms with Gasteiger partial charge in [-0.05, 0) is 31.4 Å². The lowest BCUT2D eigenvalue weighted by Crippen LogP contribution is -2.30. The van der Waals surface area contributed by atoms with Crippen molar-refractivity contribution in [3.05, 3.63) is 45.4 Å². The Hall–Kier alpha value is -1.26. The van der Waals surface area contributed by atoms with E-state index in [-0.39, 0.29) is 11.1 Å². The molecule has 5 heteroatoms. The Balaban J connectivity index is 2.36. The topological polar surface area (TPSA) is 29.3 Å². The maximum atomic E-state index is 13.7. The first-order chi connectivity index (χ1) is 8.99. The van der Waals surface area contributed by atoms with Gasteiger partial charge in [0.2, 0.25) is 0 Å². The van der Waals surface area contributed by atoms with Crippen molar-refractivity contribution in [3.63, 3.8) is 0 Å². The second-order valence-electron chi connectivity index (χ2n) is 4.63. The number of halogens is 2. The molecule has 102 valence electrons. The number of hydrogen-bond donors (Lipinski definition) is 1. The minimum Gasteiger partial charge on any atom is -0.397 e. The van der Waals surface area contributed by atoms with E-state index in [0.29, 0.717) is 17.9 Å². The van der Waals surface area contributed by atoms with Crippen molar-refractivity contribution < 1.29 is 4.39 Å². The van der Waals surface area contributed by atoms with E-state index < -0.39 is 5.82 Å². The summed E-state index contributed by atoms with van der Waals surface area (Å²) in [6, 6.07) is 7.15. The van der Waals surface area contributed by atoms with Gasteiger partial charge in [0, 0.05) is 17.0 Å². The summed E-state index contributed by atoms with van der Waals surface area (Å²) in [6.07, 6.45) is 0. The second-order valence-corrected chi connectivity index (χ2v) is 6.07. The molecule has 2 rings (SSSR count). The molecule has 2 aromatic rings. The Kier molecular flexibility index (Phi) is 4.32. The lowest BCUT2D eigenvalue weighted by atomic mass is 10.2. The van der Waals surface area contributed by atoms with Crippen LogP contribution in [0.5, 0.6) is 0 Å². The highest BCUT2D eigenvalue weighted by Gasteiger charge is 2.17. The molecule has 0 unspecified atom stereocenters. The van der Waals surface area contributed by atoms with Crippen molar-refractivity contribution in [2.45, 2.75) is 26.4 Å². The molecule has 0 saturated carbocycles. The molecule has 0 bridgehead atoms. The number of nitrogens with two attached hydrogens (primary N) is 1. The van der Waals surface area contributed by atoms with Crippen LogP contribution in [-0.2, 0) is 6.54 Å². The van der Waals surface area contributed by atoms with Gasteiger partial charge in [-0.25, -0.2) is 4.39 Å². The van der Waals surface area contributed by atoms with E-state index in [1.807, 2.05) is 11.4 Å². The monoisotopic (exact) mass is 298 g/mol. The van der Waals surface area contributed by atoms with Crippen LogP contribution >= 0.6 is 22.9 Å². The van der Waals surface area contributed by atoms with E-state index in [0.717, 1.165) is 0 Å². The fourth-order valence-electron chi connectivity index (χ4n) is 1.92. The summed E-state index contributed by atoms with van der Waals surface area (Å²) in [6.45, 7) is 4.82.